The number of hydrogen-bond acceptors (Lipinski definition) is 4. The van der Waals surface area contributed by atoms with Crippen LogP contribution in [0.15, 0.2) is 0 Å². The Bertz CT molecular complexity index is 237. The molecule has 2 rings (SSSR count). The van der Waals surface area contributed by atoms with Gasteiger partial charge in [0.05, 0.1) is 12.7 Å². The van der Waals surface area contributed by atoms with Crippen LogP contribution in [0.25, 0.3) is 0 Å². The topological polar surface area (TPSA) is 27.7 Å². The van der Waals surface area contributed by atoms with Crippen LogP contribution in [-0.4, -0.2) is 75.4 Å². The van der Waals surface area contributed by atoms with E-state index in [4.69, 9.17) is 4.74 Å². The highest BCUT2D eigenvalue weighted by Gasteiger charge is 2.23. The fraction of sp³-hybridized carbons (Fsp3) is 1.00. The monoisotopic (exact) mass is 255 g/mol. The molecule has 0 bridgehead atoms. The minimum atomic E-state index is 0.399. The van der Waals surface area contributed by atoms with Crippen molar-refractivity contribution in [3.05, 3.63) is 0 Å². The molecular weight excluding hydrogens is 226 g/mol. The maximum Gasteiger partial charge on any atom is 0.0829 e. The summed E-state index contributed by atoms with van der Waals surface area (Å²) in [5, 5.41) is 3.55. The highest BCUT2D eigenvalue weighted by atomic mass is 16.5. The van der Waals surface area contributed by atoms with Crippen LogP contribution in [0.5, 0.6) is 0 Å². The Morgan fingerprint density at radius 1 is 1.11 bits per heavy atom. The minimum absolute atomic E-state index is 0.399. The van der Waals surface area contributed by atoms with Gasteiger partial charge in [0.2, 0.25) is 0 Å². The first-order valence-corrected chi connectivity index (χ1v) is 7.36. The van der Waals surface area contributed by atoms with Gasteiger partial charge in [0.1, 0.15) is 0 Å². The zero-order valence-corrected chi connectivity index (χ0v) is 12.2. The molecule has 0 saturated carbocycles. The molecule has 106 valence electrons. The zero-order valence-electron chi connectivity index (χ0n) is 12.2. The molecule has 4 heteroatoms. The molecule has 18 heavy (non-hydrogen) atoms. The lowest BCUT2D eigenvalue weighted by Gasteiger charge is -2.37. The average molecular weight is 255 g/mol. The molecule has 4 nitrogen and oxygen atoms in total. The van der Waals surface area contributed by atoms with E-state index in [-0.39, 0.29) is 0 Å². The van der Waals surface area contributed by atoms with Gasteiger partial charge in [0, 0.05) is 32.7 Å². The number of rotatable bonds is 2. The molecule has 3 unspecified atom stereocenters. The van der Waals surface area contributed by atoms with Crippen molar-refractivity contribution in [3.8, 4) is 0 Å². The Balaban J connectivity index is 1.84. The lowest BCUT2D eigenvalue weighted by molar-refractivity contribution is -0.0393. The Labute approximate surface area is 112 Å². The van der Waals surface area contributed by atoms with Gasteiger partial charge in [0.25, 0.3) is 0 Å². The number of nitrogens with zero attached hydrogens (tertiary/aromatic N) is 2. The van der Waals surface area contributed by atoms with E-state index in [1.165, 1.54) is 13.1 Å². The number of hydrogen-bond donors (Lipinski definition) is 1. The van der Waals surface area contributed by atoms with Crippen molar-refractivity contribution in [2.45, 2.75) is 20.0 Å². The van der Waals surface area contributed by atoms with Crippen molar-refractivity contribution in [3.63, 3.8) is 0 Å². The molecule has 0 aliphatic carbocycles. The van der Waals surface area contributed by atoms with Gasteiger partial charge in [-0.25, -0.2) is 0 Å². The van der Waals surface area contributed by atoms with Crippen molar-refractivity contribution < 1.29 is 4.74 Å². The second-order valence-corrected chi connectivity index (χ2v) is 6.34. The van der Waals surface area contributed by atoms with Crippen LogP contribution >= 0.6 is 0 Å². The molecular formula is C14H29N3O. The summed E-state index contributed by atoms with van der Waals surface area (Å²) in [5.74, 6) is 1.47. The van der Waals surface area contributed by atoms with E-state index in [0.717, 1.165) is 51.2 Å². The average Bonchev–Trinajstić information content (AvgIpc) is 2.26. The number of morpholine rings is 1. The first-order valence-electron chi connectivity index (χ1n) is 7.36. The summed E-state index contributed by atoms with van der Waals surface area (Å²) in [4.78, 5) is 4.99. The second kappa shape index (κ2) is 6.85. The third-order valence-electron chi connectivity index (χ3n) is 3.93. The minimum Gasteiger partial charge on any atom is -0.374 e. The van der Waals surface area contributed by atoms with E-state index < -0.39 is 0 Å². The van der Waals surface area contributed by atoms with Crippen LogP contribution in [0.1, 0.15) is 13.8 Å². The molecule has 0 spiro atoms. The molecule has 2 aliphatic heterocycles. The van der Waals surface area contributed by atoms with Crippen molar-refractivity contribution in [1.82, 2.24) is 15.1 Å². The normalized spacial score (nSPS) is 37.2. The smallest absolute Gasteiger partial charge is 0.0829 e. The zero-order chi connectivity index (χ0) is 13.0. The molecule has 2 fully saturated rings. The molecule has 1 N–H and O–H groups in total. The number of nitrogens with one attached hydrogen (secondary N) is 1. The van der Waals surface area contributed by atoms with Crippen LogP contribution in [0.4, 0.5) is 0 Å². The van der Waals surface area contributed by atoms with Gasteiger partial charge in [-0.2, -0.15) is 0 Å². The lowest BCUT2D eigenvalue weighted by Crippen LogP contribution is -2.49. The van der Waals surface area contributed by atoms with Gasteiger partial charge >= 0.3 is 0 Å². The summed E-state index contributed by atoms with van der Waals surface area (Å²) in [7, 11) is 2.19. The maximum absolute atomic E-state index is 5.89. The van der Waals surface area contributed by atoms with E-state index in [9.17, 15) is 0 Å². The Kier molecular flexibility index (Phi) is 5.42. The van der Waals surface area contributed by atoms with Crippen LogP contribution in [0.3, 0.4) is 0 Å². The predicted octanol–water partition coefficient (Wildman–Crippen LogP) is 0.494. The van der Waals surface area contributed by atoms with Crippen LogP contribution in [0.2, 0.25) is 0 Å². The van der Waals surface area contributed by atoms with Gasteiger partial charge in [-0.1, -0.05) is 13.8 Å². The summed E-state index contributed by atoms with van der Waals surface area (Å²) >= 11 is 0. The van der Waals surface area contributed by atoms with Crippen LogP contribution in [0, 0.1) is 11.8 Å². The molecule has 0 aromatic carbocycles. The summed E-state index contributed by atoms with van der Waals surface area (Å²) in [6.07, 6.45) is 0.399. The maximum atomic E-state index is 5.89. The Hall–Kier alpha value is -0.160. The molecule has 0 aromatic rings. The molecule has 3 atom stereocenters. The van der Waals surface area contributed by atoms with Crippen LogP contribution < -0.4 is 5.32 Å². The molecule has 2 aliphatic rings. The van der Waals surface area contributed by atoms with Crippen molar-refractivity contribution in [2.75, 3.05) is 59.5 Å². The van der Waals surface area contributed by atoms with Crippen LogP contribution in [-0.2, 0) is 4.74 Å². The Morgan fingerprint density at radius 3 is 2.39 bits per heavy atom. The largest absolute Gasteiger partial charge is 0.374 e. The predicted molar refractivity (Wildman–Crippen MR) is 74.9 cm³/mol. The van der Waals surface area contributed by atoms with E-state index in [1.54, 1.807) is 0 Å². The lowest BCUT2D eigenvalue weighted by atomic mass is 10.0. The van der Waals surface area contributed by atoms with Crippen molar-refractivity contribution in [1.29, 1.82) is 0 Å². The summed E-state index contributed by atoms with van der Waals surface area (Å²) in [6, 6.07) is 0. The van der Waals surface area contributed by atoms with Crippen molar-refractivity contribution in [2.24, 2.45) is 11.8 Å². The fourth-order valence-corrected chi connectivity index (χ4v) is 3.08. The third kappa shape index (κ3) is 4.50. The van der Waals surface area contributed by atoms with Gasteiger partial charge < -0.3 is 19.9 Å². The van der Waals surface area contributed by atoms with E-state index in [1.807, 2.05) is 0 Å². The molecule has 0 aromatic heterocycles. The number of ether oxygens (including phenoxy) is 1. The molecule has 2 heterocycles. The highest BCUT2D eigenvalue weighted by molar-refractivity contribution is 4.78. The summed E-state index contributed by atoms with van der Waals surface area (Å²) in [5.41, 5.74) is 0. The molecule has 0 amide bonds. The first kappa shape index (κ1) is 14.3. The third-order valence-corrected chi connectivity index (χ3v) is 3.93. The fourth-order valence-electron chi connectivity index (χ4n) is 3.08. The van der Waals surface area contributed by atoms with Gasteiger partial charge in [-0.15, -0.1) is 0 Å². The van der Waals surface area contributed by atoms with Crippen molar-refractivity contribution >= 4 is 0 Å². The summed E-state index contributed by atoms with van der Waals surface area (Å²) < 4.78 is 5.89. The number of likely N-dealkylation sites (N-methyl/N-ethyl adjacent to an activating group) is 1. The molecule has 0 radical (unpaired) electrons. The SMILES string of the molecule is CC1CNCC(C)CN(CC2CN(C)CCO2)C1. The van der Waals surface area contributed by atoms with E-state index in [2.05, 4.69) is 36.0 Å². The van der Waals surface area contributed by atoms with E-state index in [0.29, 0.717) is 6.10 Å². The quantitative estimate of drug-likeness (QED) is 0.777. The van der Waals surface area contributed by atoms with Gasteiger partial charge in [0.15, 0.2) is 0 Å². The first-order chi connectivity index (χ1) is 8.63. The second-order valence-electron chi connectivity index (χ2n) is 6.34. The Morgan fingerprint density at radius 2 is 1.78 bits per heavy atom. The standard InChI is InChI=1S/C14H29N3O/c1-12-6-15-7-13(2)9-17(8-12)11-14-10-16(3)4-5-18-14/h12-15H,4-11H2,1-3H3. The molecule has 2 saturated heterocycles. The highest BCUT2D eigenvalue weighted by Crippen LogP contribution is 2.11. The van der Waals surface area contributed by atoms with E-state index >= 15 is 0 Å². The summed E-state index contributed by atoms with van der Waals surface area (Å²) in [6.45, 7) is 13.5. The van der Waals surface area contributed by atoms with Gasteiger partial charge in [-0.3, -0.25) is 0 Å². The van der Waals surface area contributed by atoms with Gasteiger partial charge in [-0.05, 0) is 32.0 Å².